The van der Waals surface area contributed by atoms with E-state index >= 15 is 0 Å². The Kier molecular flexibility index (Phi) is 4.51. The minimum atomic E-state index is -3.99. The SMILES string of the molecule is CCCC1(CNS(=O)(=O)c2c(F)cc(F)cc2Br)CC1. The fourth-order valence-electron chi connectivity index (χ4n) is 2.33. The lowest BCUT2D eigenvalue weighted by molar-refractivity contribution is 0.448. The van der Waals surface area contributed by atoms with E-state index in [1.165, 1.54) is 0 Å². The van der Waals surface area contributed by atoms with Crippen LogP contribution in [-0.4, -0.2) is 15.0 Å². The molecule has 1 aliphatic rings. The Morgan fingerprint density at radius 2 is 2.00 bits per heavy atom. The Morgan fingerprint density at radius 1 is 1.35 bits per heavy atom. The maximum Gasteiger partial charge on any atom is 0.244 e. The lowest BCUT2D eigenvalue weighted by atomic mass is 10.0. The van der Waals surface area contributed by atoms with Gasteiger partial charge in [0.15, 0.2) is 0 Å². The first-order valence-corrected chi connectivity index (χ1v) is 8.71. The lowest BCUT2D eigenvalue weighted by Gasteiger charge is -2.16. The summed E-state index contributed by atoms with van der Waals surface area (Å²) in [5.74, 6) is -1.91. The van der Waals surface area contributed by atoms with Gasteiger partial charge in [-0.15, -0.1) is 0 Å². The Balaban J connectivity index is 2.19. The molecule has 1 saturated carbocycles. The van der Waals surface area contributed by atoms with Crippen LogP contribution in [0.5, 0.6) is 0 Å². The molecule has 1 N–H and O–H groups in total. The van der Waals surface area contributed by atoms with Crippen molar-refractivity contribution in [3.05, 3.63) is 28.2 Å². The zero-order valence-corrected chi connectivity index (χ0v) is 13.5. The normalized spacial score (nSPS) is 17.2. The average molecular weight is 368 g/mol. The summed E-state index contributed by atoms with van der Waals surface area (Å²) in [4.78, 5) is -0.536. The van der Waals surface area contributed by atoms with Crippen LogP contribution < -0.4 is 4.72 Å². The van der Waals surface area contributed by atoms with Gasteiger partial charge in [-0.25, -0.2) is 21.9 Å². The maximum absolute atomic E-state index is 13.7. The number of hydrogen-bond donors (Lipinski definition) is 1. The summed E-state index contributed by atoms with van der Waals surface area (Å²) in [6.07, 6.45) is 3.89. The highest BCUT2D eigenvalue weighted by atomic mass is 79.9. The van der Waals surface area contributed by atoms with E-state index in [4.69, 9.17) is 0 Å². The van der Waals surface area contributed by atoms with Gasteiger partial charge in [-0.3, -0.25) is 0 Å². The van der Waals surface area contributed by atoms with E-state index in [-0.39, 0.29) is 9.89 Å². The van der Waals surface area contributed by atoms with Gasteiger partial charge in [-0.05, 0) is 46.7 Å². The highest BCUT2D eigenvalue weighted by molar-refractivity contribution is 9.10. The lowest BCUT2D eigenvalue weighted by Crippen LogP contribution is -2.31. The van der Waals surface area contributed by atoms with Gasteiger partial charge in [0.25, 0.3) is 0 Å². The van der Waals surface area contributed by atoms with Gasteiger partial charge in [-0.1, -0.05) is 13.3 Å². The summed E-state index contributed by atoms with van der Waals surface area (Å²) in [6.45, 7) is 2.34. The van der Waals surface area contributed by atoms with Gasteiger partial charge in [0.05, 0.1) is 0 Å². The van der Waals surface area contributed by atoms with E-state index in [0.717, 1.165) is 31.7 Å². The molecule has 0 spiro atoms. The van der Waals surface area contributed by atoms with E-state index in [1.807, 2.05) is 6.92 Å². The number of rotatable bonds is 6. The number of benzene rings is 1. The topological polar surface area (TPSA) is 46.2 Å². The second-order valence-corrected chi connectivity index (χ2v) is 7.83. The molecule has 0 radical (unpaired) electrons. The van der Waals surface area contributed by atoms with Crippen LogP contribution in [0.1, 0.15) is 32.6 Å². The summed E-state index contributed by atoms with van der Waals surface area (Å²) in [5, 5.41) is 0. The van der Waals surface area contributed by atoms with Crippen LogP contribution in [0.25, 0.3) is 0 Å². The number of sulfonamides is 1. The molecule has 0 aliphatic heterocycles. The first kappa shape index (κ1) is 15.9. The van der Waals surface area contributed by atoms with E-state index in [2.05, 4.69) is 20.7 Å². The molecule has 0 bridgehead atoms. The quantitative estimate of drug-likeness (QED) is 0.834. The minimum Gasteiger partial charge on any atom is -0.210 e. The molecule has 1 aromatic carbocycles. The molecular formula is C13H16BrF2NO2S. The average Bonchev–Trinajstić information content (AvgIpc) is 3.06. The summed E-state index contributed by atoms with van der Waals surface area (Å²) >= 11 is 2.90. The van der Waals surface area contributed by atoms with Gasteiger partial charge in [0.2, 0.25) is 10.0 Å². The molecule has 112 valence electrons. The van der Waals surface area contributed by atoms with E-state index in [9.17, 15) is 17.2 Å². The van der Waals surface area contributed by atoms with Crippen molar-refractivity contribution in [1.82, 2.24) is 4.72 Å². The molecule has 0 amide bonds. The van der Waals surface area contributed by atoms with Crippen LogP contribution in [0, 0.1) is 17.0 Å². The molecule has 0 unspecified atom stereocenters. The molecule has 3 nitrogen and oxygen atoms in total. The smallest absolute Gasteiger partial charge is 0.210 e. The molecular weight excluding hydrogens is 352 g/mol. The fraction of sp³-hybridized carbons (Fsp3) is 0.538. The van der Waals surface area contributed by atoms with Crippen molar-refractivity contribution in [2.45, 2.75) is 37.5 Å². The van der Waals surface area contributed by atoms with Crippen LogP contribution in [0.15, 0.2) is 21.5 Å². The molecule has 0 aromatic heterocycles. The highest BCUT2D eigenvalue weighted by Gasteiger charge is 2.42. The van der Waals surface area contributed by atoms with Crippen molar-refractivity contribution < 1.29 is 17.2 Å². The van der Waals surface area contributed by atoms with Crippen molar-refractivity contribution in [2.75, 3.05) is 6.54 Å². The number of nitrogens with one attached hydrogen (secondary N) is 1. The molecule has 2 rings (SSSR count). The summed E-state index contributed by atoms with van der Waals surface area (Å²) < 4.78 is 53.4. The predicted molar refractivity (Wildman–Crippen MR) is 75.8 cm³/mol. The molecule has 0 atom stereocenters. The van der Waals surface area contributed by atoms with Gasteiger partial charge in [0, 0.05) is 17.1 Å². The highest BCUT2D eigenvalue weighted by Crippen LogP contribution is 2.49. The fourth-order valence-corrected chi connectivity index (χ4v) is 4.65. The van der Waals surface area contributed by atoms with Gasteiger partial charge < -0.3 is 0 Å². The second kappa shape index (κ2) is 5.69. The zero-order chi connectivity index (χ0) is 15.0. The third-order valence-electron chi connectivity index (χ3n) is 3.61. The van der Waals surface area contributed by atoms with Crippen LogP contribution >= 0.6 is 15.9 Å². The number of hydrogen-bond acceptors (Lipinski definition) is 2. The van der Waals surface area contributed by atoms with Gasteiger partial charge >= 0.3 is 0 Å². The Morgan fingerprint density at radius 3 is 2.50 bits per heavy atom. The standard InChI is InChI=1S/C13H16BrF2NO2S/c1-2-3-13(4-5-13)8-17-20(18,19)12-10(14)6-9(15)7-11(12)16/h6-7,17H,2-5,8H2,1H3. The minimum absolute atomic E-state index is 0.0187. The Bertz CT molecular complexity index is 592. The summed E-state index contributed by atoms with van der Waals surface area (Å²) in [5.41, 5.74) is 0.0187. The van der Waals surface area contributed by atoms with Crippen molar-refractivity contribution in [3.8, 4) is 0 Å². The van der Waals surface area contributed by atoms with Crippen LogP contribution in [-0.2, 0) is 10.0 Å². The molecule has 1 aromatic rings. The van der Waals surface area contributed by atoms with E-state index in [0.29, 0.717) is 12.6 Å². The monoisotopic (exact) mass is 367 g/mol. The third kappa shape index (κ3) is 3.38. The number of halogens is 3. The van der Waals surface area contributed by atoms with Crippen molar-refractivity contribution >= 4 is 26.0 Å². The molecule has 1 aliphatic carbocycles. The van der Waals surface area contributed by atoms with Crippen molar-refractivity contribution in [2.24, 2.45) is 5.41 Å². The van der Waals surface area contributed by atoms with Crippen LogP contribution in [0.3, 0.4) is 0 Å². The van der Waals surface area contributed by atoms with Crippen molar-refractivity contribution in [1.29, 1.82) is 0 Å². The third-order valence-corrected chi connectivity index (χ3v) is 5.97. The largest absolute Gasteiger partial charge is 0.244 e. The maximum atomic E-state index is 13.7. The predicted octanol–water partition coefficient (Wildman–Crippen LogP) is 3.59. The summed E-state index contributed by atoms with van der Waals surface area (Å²) in [7, 11) is -3.99. The van der Waals surface area contributed by atoms with Crippen LogP contribution in [0.4, 0.5) is 8.78 Å². The van der Waals surface area contributed by atoms with E-state index < -0.39 is 26.6 Å². The molecule has 0 saturated heterocycles. The first-order valence-electron chi connectivity index (χ1n) is 6.44. The Labute approximate surface area is 125 Å². The van der Waals surface area contributed by atoms with Crippen LogP contribution in [0.2, 0.25) is 0 Å². The van der Waals surface area contributed by atoms with Gasteiger partial charge in [0.1, 0.15) is 16.5 Å². The molecule has 20 heavy (non-hydrogen) atoms. The van der Waals surface area contributed by atoms with E-state index in [1.54, 1.807) is 0 Å². The second-order valence-electron chi connectivity index (χ2n) is 5.27. The first-order chi connectivity index (χ1) is 9.30. The molecule has 7 heteroatoms. The zero-order valence-electron chi connectivity index (χ0n) is 11.0. The van der Waals surface area contributed by atoms with Crippen molar-refractivity contribution in [3.63, 3.8) is 0 Å². The Hall–Kier alpha value is -0.530. The molecule has 1 fully saturated rings. The summed E-state index contributed by atoms with van der Waals surface area (Å²) in [6, 6.07) is 1.51. The molecule has 0 heterocycles. The van der Waals surface area contributed by atoms with Gasteiger partial charge in [-0.2, -0.15) is 0 Å².